The van der Waals surface area contributed by atoms with Crippen LogP contribution in [0.15, 0.2) is 48.5 Å². The van der Waals surface area contributed by atoms with Gasteiger partial charge in [0.25, 0.3) is 0 Å². The van der Waals surface area contributed by atoms with Crippen LogP contribution in [0.2, 0.25) is 0 Å². The van der Waals surface area contributed by atoms with E-state index in [2.05, 4.69) is 50.0 Å². The Labute approximate surface area is 165 Å². The summed E-state index contributed by atoms with van der Waals surface area (Å²) in [6.45, 7) is 5.38. The molecule has 0 spiro atoms. The van der Waals surface area contributed by atoms with E-state index in [-0.39, 0.29) is 0 Å². The lowest BCUT2D eigenvalue weighted by atomic mass is 9.79. The first-order valence-corrected chi connectivity index (χ1v) is 10.6. The molecule has 0 amide bonds. The molecule has 1 aliphatic carbocycles. The predicted molar refractivity (Wildman–Crippen MR) is 114 cm³/mol. The first kappa shape index (κ1) is 19.6. The van der Waals surface area contributed by atoms with Crippen LogP contribution in [-0.4, -0.2) is 6.61 Å². The summed E-state index contributed by atoms with van der Waals surface area (Å²) in [6.07, 6.45) is 8.96. The van der Waals surface area contributed by atoms with Crippen LogP contribution in [0.1, 0.15) is 81.4 Å². The van der Waals surface area contributed by atoms with E-state index in [4.69, 9.17) is 4.74 Å². The molecule has 2 aromatic rings. The summed E-state index contributed by atoms with van der Waals surface area (Å²) >= 11 is 0. The highest BCUT2D eigenvalue weighted by atomic mass is 16.5. The second-order valence-corrected chi connectivity index (χ2v) is 7.91. The first-order valence-electron chi connectivity index (χ1n) is 10.6. The molecule has 1 fully saturated rings. The maximum absolute atomic E-state index is 5.76. The molecule has 0 saturated heterocycles. The second-order valence-electron chi connectivity index (χ2n) is 7.91. The normalized spacial score (nSPS) is 19.2. The summed E-state index contributed by atoms with van der Waals surface area (Å²) in [7, 11) is 0. The number of hydrogen-bond donors (Lipinski definition) is 0. The molecule has 1 heteroatoms. The molecule has 0 bridgehead atoms. The number of ether oxygens (including phenoxy) is 1. The molecule has 0 unspecified atom stereocenters. The van der Waals surface area contributed by atoms with Crippen molar-refractivity contribution in [2.45, 2.75) is 64.7 Å². The van der Waals surface area contributed by atoms with Crippen LogP contribution in [0.4, 0.5) is 0 Å². The minimum atomic E-state index is 0.744. The van der Waals surface area contributed by atoms with Crippen molar-refractivity contribution >= 4 is 0 Å². The Balaban J connectivity index is 1.54. The average molecular weight is 361 g/mol. The van der Waals surface area contributed by atoms with Crippen molar-refractivity contribution in [1.29, 1.82) is 0 Å². The number of benzene rings is 2. The highest BCUT2D eigenvalue weighted by Crippen LogP contribution is 2.35. The van der Waals surface area contributed by atoms with E-state index in [1.54, 1.807) is 0 Å². The van der Waals surface area contributed by atoms with Gasteiger partial charge in [-0.25, -0.2) is 0 Å². The molecule has 2 aromatic carbocycles. The van der Waals surface area contributed by atoms with Gasteiger partial charge < -0.3 is 4.74 Å². The van der Waals surface area contributed by atoms with Crippen LogP contribution in [0.25, 0.3) is 0 Å². The van der Waals surface area contributed by atoms with Gasteiger partial charge in [0.1, 0.15) is 5.75 Å². The highest BCUT2D eigenvalue weighted by molar-refractivity contribution is 5.45. The monoisotopic (exact) mass is 360 g/mol. The topological polar surface area (TPSA) is 9.23 Å². The van der Waals surface area contributed by atoms with Crippen molar-refractivity contribution in [3.8, 4) is 17.6 Å². The lowest BCUT2D eigenvalue weighted by molar-refractivity contribution is 0.306. The quantitative estimate of drug-likeness (QED) is 0.400. The fourth-order valence-corrected chi connectivity index (χ4v) is 3.75. The molecule has 0 heterocycles. The summed E-state index contributed by atoms with van der Waals surface area (Å²) in [5.41, 5.74) is 3.60. The molecule has 0 radical (unpaired) electrons. The fourth-order valence-electron chi connectivity index (χ4n) is 3.75. The van der Waals surface area contributed by atoms with Gasteiger partial charge in [0.15, 0.2) is 0 Å². The van der Waals surface area contributed by atoms with Crippen molar-refractivity contribution in [2.24, 2.45) is 5.92 Å². The molecule has 3 rings (SSSR count). The molecule has 1 aliphatic rings. The van der Waals surface area contributed by atoms with Gasteiger partial charge >= 0.3 is 0 Å². The standard InChI is InChI=1S/C26H32O/c1-3-4-5-20-27-26-18-12-23(13-19-26)9-8-22-10-16-25(17-11-22)24-14-6-21(2)7-15-24/h10-13,16-19,21,24H,3-7,14-15,20H2,1-2H3. The van der Waals surface area contributed by atoms with Gasteiger partial charge in [-0.1, -0.05) is 63.5 Å². The third kappa shape index (κ3) is 6.17. The van der Waals surface area contributed by atoms with Gasteiger partial charge in [-0.15, -0.1) is 0 Å². The molecule has 1 saturated carbocycles. The Morgan fingerprint density at radius 3 is 2.00 bits per heavy atom. The summed E-state index contributed by atoms with van der Waals surface area (Å²) in [5.74, 6) is 9.13. The fraction of sp³-hybridized carbons (Fsp3) is 0.462. The van der Waals surface area contributed by atoms with E-state index < -0.39 is 0 Å². The van der Waals surface area contributed by atoms with Crippen LogP contribution >= 0.6 is 0 Å². The summed E-state index contributed by atoms with van der Waals surface area (Å²) < 4.78 is 5.76. The van der Waals surface area contributed by atoms with E-state index >= 15 is 0 Å². The molecule has 1 nitrogen and oxygen atoms in total. The van der Waals surface area contributed by atoms with E-state index in [1.807, 2.05) is 24.3 Å². The van der Waals surface area contributed by atoms with Crippen LogP contribution < -0.4 is 4.74 Å². The molecular weight excluding hydrogens is 328 g/mol. The van der Waals surface area contributed by atoms with Crippen LogP contribution in [0, 0.1) is 17.8 Å². The molecule has 27 heavy (non-hydrogen) atoms. The van der Waals surface area contributed by atoms with E-state index in [9.17, 15) is 0 Å². The third-order valence-corrected chi connectivity index (χ3v) is 5.62. The van der Waals surface area contributed by atoms with Crippen LogP contribution in [0.3, 0.4) is 0 Å². The van der Waals surface area contributed by atoms with Crippen molar-refractivity contribution in [1.82, 2.24) is 0 Å². The van der Waals surface area contributed by atoms with Gasteiger partial charge in [0.05, 0.1) is 6.61 Å². The first-order chi connectivity index (χ1) is 13.2. The summed E-state index contributed by atoms with van der Waals surface area (Å²) in [4.78, 5) is 0. The SMILES string of the molecule is CCCCCOc1ccc(C#Cc2ccc(C3CCC(C)CC3)cc2)cc1. The Bertz CT molecular complexity index is 738. The van der Waals surface area contributed by atoms with Gasteiger partial charge in [-0.3, -0.25) is 0 Å². The number of rotatable bonds is 6. The van der Waals surface area contributed by atoms with E-state index in [0.717, 1.165) is 41.7 Å². The average Bonchev–Trinajstić information content (AvgIpc) is 2.72. The van der Waals surface area contributed by atoms with Crippen molar-refractivity contribution < 1.29 is 4.74 Å². The van der Waals surface area contributed by atoms with Gasteiger partial charge in [0.2, 0.25) is 0 Å². The third-order valence-electron chi connectivity index (χ3n) is 5.62. The number of hydrogen-bond acceptors (Lipinski definition) is 1. The van der Waals surface area contributed by atoms with Gasteiger partial charge in [-0.05, 0) is 73.1 Å². The largest absolute Gasteiger partial charge is 0.494 e. The van der Waals surface area contributed by atoms with E-state index in [0.29, 0.717) is 0 Å². The van der Waals surface area contributed by atoms with Gasteiger partial charge in [0, 0.05) is 11.1 Å². The molecular formula is C26H32O. The zero-order valence-electron chi connectivity index (χ0n) is 16.8. The lowest BCUT2D eigenvalue weighted by Gasteiger charge is -2.26. The molecule has 0 aliphatic heterocycles. The molecule has 142 valence electrons. The Morgan fingerprint density at radius 2 is 1.41 bits per heavy atom. The van der Waals surface area contributed by atoms with Crippen molar-refractivity contribution in [2.75, 3.05) is 6.61 Å². The maximum atomic E-state index is 5.76. The lowest BCUT2D eigenvalue weighted by Crippen LogP contribution is -2.10. The van der Waals surface area contributed by atoms with Crippen LogP contribution in [0.5, 0.6) is 5.75 Å². The smallest absolute Gasteiger partial charge is 0.119 e. The Kier molecular flexibility index (Phi) is 7.40. The molecule has 0 aromatic heterocycles. The zero-order valence-corrected chi connectivity index (χ0v) is 16.8. The molecule has 0 atom stereocenters. The Morgan fingerprint density at radius 1 is 0.815 bits per heavy atom. The summed E-state index contributed by atoms with van der Waals surface area (Å²) in [5, 5.41) is 0. The second kappa shape index (κ2) is 10.2. The predicted octanol–water partition coefficient (Wildman–Crippen LogP) is 6.95. The molecule has 0 N–H and O–H groups in total. The number of unbranched alkanes of at least 4 members (excludes halogenated alkanes) is 2. The maximum Gasteiger partial charge on any atom is 0.119 e. The van der Waals surface area contributed by atoms with Crippen molar-refractivity contribution in [3.05, 3.63) is 65.2 Å². The summed E-state index contributed by atoms with van der Waals surface area (Å²) in [6, 6.07) is 17.0. The Hall–Kier alpha value is -2.20. The highest BCUT2D eigenvalue weighted by Gasteiger charge is 2.19. The van der Waals surface area contributed by atoms with Gasteiger partial charge in [-0.2, -0.15) is 0 Å². The van der Waals surface area contributed by atoms with Crippen molar-refractivity contribution in [3.63, 3.8) is 0 Å². The minimum Gasteiger partial charge on any atom is -0.494 e. The van der Waals surface area contributed by atoms with E-state index in [1.165, 1.54) is 44.1 Å². The van der Waals surface area contributed by atoms with Crippen LogP contribution in [-0.2, 0) is 0 Å². The zero-order chi connectivity index (χ0) is 18.9. The minimum absolute atomic E-state index is 0.744.